The van der Waals surface area contributed by atoms with Gasteiger partial charge in [-0.1, -0.05) is 60.7 Å². The van der Waals surface area contributed by atoms with E-state index in [1.807, 2.05) is 62.4 Å². The van der Waals surface area contributed by atoms with Crippen LogP contribution in [-0.4, -0.2) is 5.91 Å². The highest BCUT2D eigenvalue weighted by molar-refractivity contribution is 5.87. The van der Waals surface area contributed by atoms with Crippen molar-refractivity contribution < 1.29 is 4.79 Å². The number of carbonyl (C=O) groups is 1. The van der Waals surface area contributed by atoms with E-state index in [4.69, 9.17) is 0 Å². The maximum Gasteiger partial charge on any atom is 0.242 e. The van der Waals surface area contributed by atoms with Gasteiger partial charge in [-0.15, -0.1) is 0 Å². The van der Waals surface area contributed by atoms with Crippen LogP contribution in [0.3, 0.4) is 0 Å². The third kappa shape index (κ3) is 3.49. The minimum Gasteiger partial charge on any atom is -0.346 e. The smallest absolute Gasteiger partial charge is 0.242 e. The Bertz CT molecular complexity index is 642. The first-order chi connectivity index (χ1) is 10.0. The number of nitrogens with zero attached hydrogens (tertiary/aromatic N) is 1. The second-order valence-corrected chi connectivity index (χ2v) is 5.45. The zero-order chi connectivity index (χ0) is 15.3. The molecule has 2 aromatic rings. The van der Waals surface area contributed by atoms with Gasteiger partial charge in [0, 0.05) is 0 Å². The highest BCUT2D eigenvalue weighted by atomic mass is 16.2. The van der Waals surface area contributed by atoms with Gasteiger partial charge in [0.05, 0.1) is 11.6 Å². The molecule has 0 aromatic heterocycles. The van der Waals surface area contributed by atoms with E-state index in [0.717, 1.165) is 5.56 Å². The molecule has 0 bridgehead atoms. The zero-order valence-corrected chi connectivity index (χ0v) is 12.2. The molecule has 0 aliphatic carbocycles. The number of hydrogen-bond donors (Lipinski definition) is 1. The Morgan fingerprint density at radius 2 is 1.57 bits per heavy atom. The quantitative estimate of drug-likeness (QED) is 0.932. The van der Waals surface area contributed by atoms with Crippen molar-refractivity contribution in [1.82, 2.24) is 5.32 Å². The zero-order valence-electron chi connectivity index (χ0n) is 12.2. The third-order valence-electron chi connectivity index (χ3n) is 3.46. The van der Waals surface area contributed by atoms with Gasteiger partial charge < -0.3 is 5.32 Å². The van der Waals surface area contributed by atoms with Crippen LogP contribution in [0.4, 0.5) is 0 Å². The Labute approximate surface area is 125 Å². The summed E-state index contributed by atoms with van der Waals surface area (Å²) in [6.07, 6.45) is 0. The maximum atomic E-state index is 12.4. The molecule has 0 aliphatic heterocycles. The van der Waals surface area contributed by atoms with Crippen LogP contribution in [0.15, 0.2) is 60.7 Å². The van der Waals surface area contributed by atoms with E-state index in [9.17, 15) is 10.1 Å². The van der Waals surface area contributed by atoms with Gasteiger partial charge in [0.15, 0.2) is 0 Å². The summed E-state index contributed by atoms with van der Waals surface area (Å²) < 4.78 is 0. The molecule has 2 aromatic carbocycles. The van der Waals surface area contributed by atoms with Gasteiger partial charge >= 0.3 is 0 Å². The molecule has 0 heterocycles. The van der Waals surface area contributed by atoms with Crippen LogP contribution >= 0.6 is 0 Å². The Morgan fingerprint density at radius 1 is 1.05 bits per heavy atom. The summed E-state index contributed by atoms with van der Waals surface area (Å²) in [6.45, 7) is 3.86. The van der Waals surface area contributed by atoms with Crippen LogP contribution in [0, 0.1) is 11.3 Å². The molecule has 106 valence electrons. The van der Waals surface area contributed by atoms with E-state index in [0.29, 0.717) is 5.56 Å². The third-order valence-corrected chi connectivity index (χ3v) is 3.46. The summed E-state index contributed by atoms with van der Waals surface area (Å²) >= 11 is 0. The summed E-state index contributed by atoms with van der Waals surface area (Å²) in [7, 11) is 0. The average Bonchev–Trinajstić information content (AvgIpc) is 2.49. The van der Waals surface area contributed by atoms with Crippen molar-refractivity contribution in [3.63, 3.8) is 0 Å². The molecule has 0 aliphatic rings. The van der Waals surface area contributed by atoms with Crippen molar-refractivity contribution in [3.8, 4) is 6.07 Å². The Kier molecular flexibility index (Phi) is 4.39. The monoisotopic (exact) mass is 278 g/mol. The fourth-order valence-corrected chi connectivity index (χ4v) is 2.24. The van der Waals surface area contributed by atoms with Crippen LogP contribution < -0.4 is 5.32 Å². The molecule has 1 atom stereocenters. The van der Waals surface area contributed by atoms with Gasteiger partial charge in [-0.05, 0) is 25.0 Å². The van der Waals surface area contributed by atoms with Crippen LogP contribution in [0.25, 0.3) is 0 Å². The molecule has 3 nitrogen and oxygen atoms in total. The minimum atomic E-state index is -0.797. The van der Waals surface area contributed by atoms with E-state index in [2.05, 4.69) is 11.4 Å². The SMILES string of the molecule is CC(C)(NC(=O)C(C#N)c1ccccc1)c1ccccc1. The number of rotatable bonds is 4. The van der Waals surface area contributed by atoms with Crippen molar-refractivity contribution in [3.05, 3.63) is 71.8 Å². The van der Waals surface area contributed by atoms with Crippen molar-refractivity contribution in [2.75, 3.05) is 0 Å². The molecule has 0 saturated carbocycles. The van der Waals surface area contributed by atoms with Crippen LogP contribution in [-0.2, 0) is 10.3 Å². The van der Waals surface area contributed by atoms with E-state index >= 15 is 0 Å². The van der Waals surface area contributed by atoms with Gasteiger partial charge in [0.25, 0.3) is 0 Å². The fourth-order valence-electron chi connectivity index (χ4n) is 2.24. The maximum absolute atomic E-state index is 12.4. The molecule has 21 heavy (non-hydrogen) atoms. The largest absolute Gasteiger partial charge is 0.346 e. The lowest BCUT2D eigenvalue weighted by atomic mass is 9.92. The van der Waals surface area contributed by atoms with Gasteiger partial charge in [0.1, 0.15) is 5.92 Å². The normalized spacial score (nSPS) is 12.2. The van der Waals surface area contributed by atoms with E-state index < -0.39 is 11.5 Å². The molecule has 1 unspecified atom stereocenters. The Balaban J connectivity index is 2.19. The van der Waals surface area contributed by atoms with Crippen LogP contribution in [0.2, 0.25) is 0 Å². The molecule has 2 rings (SSSR count). The van der Waals surface area contributed by atoms with Gasteiger partial charge in [-0.25, -0.2) is 0 Å². The number of benzene rings is 2. The topological polar surface area (TPSA) is 52.9 Å². The lowest BCUT2D eigenvalue weighted by molar-refractivity contribution is -0.123. The van der Waals surface area contributed by atoms with Crippen LogP contribution in [0.5, 0.6) is 0 Å². The summed E-state index contributed by atoms with van der Waals surface area (Å²) in [4.78, 5) is 12.4. The minimum absolute atomic E-state index is 0.280. The molecule has 0 spiro atoms. The molecule has 3 heteroatoms. The van der Waals surface area contributed by atoms with Gasteiger partial charge in [0.2, 0.25) is 5.91 Å². The molecule has 0 saturated heterocycles. The van der Waals surface area contributed by atoms with Gasteiger partial charge in [-0.3, -0.25) is 4.79 Å². The van der Waals surface area contributed by atoms with Crippen molar-refractivity contribution >= 4 is 5.91 Å². The first-order valence-corrected chi connectivity index (χ1v) is 6.87. The van der Waals surface area contributed by atoms with E-state index in [1.165, 1.54) is 0 Å². The van der Waals surface area contributed by atoms with Gasteiger partial charge in [-0.2, -0.15) is 5.26 Å². The number of hydrogen-bond acceptors (Lipinski definition) is 2. The number of nitriles is 1. The Morgan fingerprint density at radius 3 is 2.10 bits per heavy atom. The summed E-state index contributed by atoms with van der Waals surface area (Å²) in [5.41, 5.74) is 1.19. The molecular formula is C18H18N2O. The predicted octanol–water partition coefficient (Wildman–Crippen LogP) is 3.35. The molecular weight excluding hydrogens is 260 g/mol. The standard InChI is InChI=1S/C18H18N2O/c1-18(2,15-11-7-4-8-12-15)20-17(21)16(13-19)14-9-5-3-6-10-14/h3-12,16H,1-2H3,(H,20,21). The first-order valence-electron chi connectivity index (χ1n) is 6.87. The lowest BCUT2D eigenvalue weighted by Crippen LogP contribution is -2.43. The fraction of sp³-hybridized carbons (Fsp3) is 0.222. The average molecular weight is 278 g/mol. The summed E-state index contributed by atoms with van der Waals surface area (Å²) in [5.74, 6) is -1.08. The van der Waals surface area contributed by atoms with E-state index in [-0.39, 0.29) is 5.91 Å². The number of carbonyl (C=O) groups excluding carboxylic acids is 1. The molecule has 0 radical (unpaired) electrons. The number of nitrogens with one attached hydrogen (secondary N) is 1. The van der Waals surface area contributed by atoms with Crippen molar-refractivity contribution in [1.29, 1.82) is 5.26 Å². The van der Waals surface area contributed by atoms with Crippen molar-refractivity contribution in [2.24, 2.45) is 0 Å². The van der Waals surface area contributed by atoms with Crippen molar-refractivity contribution in [2.45, 2.75) is 25.3 Å². The Hall–Kier alpha value is -2.60. The summed E-state index contributed by atoms with van der Waals surface area (Å²) in [6, 6.07) is 20.9. The number of amides is 1. The highest BCUT2D eigenvalue weighted by Gasteiger charge is 2.28. The second-order valence-electron chi connectivity index (χ2n) is 5.45. The molecule has 1 amide bonds. The van der Waals surface area contributed by atoms with E-state index in [1.54, 1.807) is 12.1 Å². The predicted molar refractivity (Wildman–Crippen MR) is 82.4 cm³/mol. The summed E-state index contributed by atoms with van der Waals surface area (Å²) in [5, 5.41) is 12.3. The lowest BCUT2D eigenvalue weighted by Gasteiger charge is -2.28. The first kappa shape index (κ1) is 14.8. The second kappa shape index (κ2) is 6.23. The van der Waals surface area contributed by atoms with Crippen LogP contribution in [0.1, 0.15) is 30.9 Å². The molecule has 1 N–H and O–H groups in total. The highest BCUT2D eigenvalue weighted by Crippen LogP contribution is 2.22. The molecule has 0 fully saturated rings.